The van der Waals surface area contributed by atoms with E-state index in [2.05, 4.69) is 6.07 Å². The molecule has 7 nitrogen and oxygen atoms in total. The fraction of sp³-hybridized carbons (Fsp3) is 0.357. The van der Waals surface area contributed by atoms with Gasteiger partial charge >= 0.3 is 12.1 Å². The smallest absolute Gasteiger partial charge is 0.410 e. The van der Waals surface area contributed by atoms with Crippen LogP contribution in [0.25, 0.3) is 10.8 Å². The molecule has 7 heteroatoms. The Hall–Kier alpha value is -3.74. The Morgan fingerprint density at radius 2 is 1.69 bits per heavy atom. The molecule has 3 aromatic rings. The molecule has 0 unspecified atom stereocenters. The molecule has 1 heterocycles. The highest BCUT2D eigenvalue weighted by molar-refractivity contribution is 5.92. The topological polar surface area (TPSA) is 74.3 Å². The number of fused-ring (bicyclic) bond motifs is 1. The summed E-state index contributed by atoms with van der Waals surface area (Å²) in [4.78, 5) is 26.7. The van der Waals surface area contributed by atoms with E-state index in [1.54, 1.807) is 29.2 Å². The summed E-state index contributed by atoms with van der Waals surface area (Å²) >= 11 is 0. The van der Waals surface area contributed by atoms with Crippen molar-refractivity contribution in [2.45, 2.75) is 44.9 Å². The Balaban J connectivity index is 1.50. The van der Waals surface area contributed by atoms with Crippen molar-refractivity contribution in [3.63, 3.8) is 0 Å². The summed E-state index contributed by atoms with van der Waals surface area (Å²) in [6, 6.07) is 20.7. The van der Waals surface area contributed by atoms with Crippen LogP contribution in [0.3, 0.4) is 0 Å². The van der Waals surface area contributed by atoms with Gasteiger partial charge in [-0.3, -0.25) is 4.90 Å². The van der Waals surface area contributed by atoms with Crippen LogP contribution >= 0.6 is 0 Å². The molecule has 1 amide bonds. The molecule has 0 saturated carbocycles. The normalized spacial score (nSPS) is 17.8. The second-order valence-corrected chi connectivity index (χ2v) is 9.57. The van der Waals surface area contributed by atoms with E-state index in [4.69, 9.17) is 18.9 Å². The Kier molecular flexibility index (Phi) is 7.15. The van der Waals surface area contributed by atoms with Crippen molar-refractivity contribution >= 4 is 22.8 Å². The van der Waals surface area contributed by atoms with Crippen molar-refractivity contribution in [3.05, 3.63) is 72.3 Å². The molecule has 1 aliphatic heterocycles. The van der Waals surface area contributed by atoms with Crippen LogP contribution in [-0.4, -0.2) is 55.0 Å². The summed E-state index contributed by atoms with van der Waals surface area (Å²) in [5.74, 6) is 0.673. The second-order valence-electron chi connectivity index (χ2n) is 9.57. The van der Waals surface area contributed by atoms with Gasteiger partial charge in [-0.05, 0) is 55.8 Å². The molecule has 0 aliphatic carbocycles. The Labute approximate surface area is 205 Å². The van der Waals surface area contributed by atoms with Gasteiger partial charge in [-0.1, -0.05) is 42.5 Å². The van der Waals surface area contributed by atoms with E-state index >= 15 is 0 Å². The van der Waals surface area contributed by atoms with Gasteiger partial charge in [0.1, 0.15) is 35.4 Å². The molecule has 184 valence electrons. The van der Waals surface area contributed by atoms with E-state index in [1.807, 2.05) is 57.2 Å². The molecule has 2 atom stereocenters. The SMILES string of the molecule is COC(=O)c1ccccc1OC[C@@H]1C[C@H](Oc2ccc3ccccc3c2)CN1C(=O)OC(C)(C)C. The molecule has 1 aliphatic rings. The van der Waals surface area contributed by atoms with Crippen LogP contribution < -0.4 is 9.47 Å². The van der Waals surface area contributed by atoms with E-state index in [-0.39, 0.29) is 18.8 Å². The third kappa shape index (κ3) is 6.04. The molecule has 1 saturated heterocycles. The number of para-hydroxylation sites is 1. The first-order valence-corrected chi connectivity index (χ1v) is 11.7. The lowest BCUT2D eigenvalue weighted by Gasteiger charge is -2.28. The maximum absolute atomic E-state index is 13.0. The quantitative estimate of drug-likeness (QED) is 0.439. The van der Waals surface area contributed by atoms with Crippen molar-refractivity contribution in [3.8, 4) is 11.5 Å². The molecule has 0 N–H and O–H groups in total. The summed E-state index contributed by atoms with van der Waals surface area (Å²) in [6.07, 6.45) is -0.0861. The first-order chi connectivity index (χ1) is 16.7. The van der Waals surface area contributed by atoms with Gasteiger partial charge in [0.2, 0.25) is 0 Å². The number of amides is 1. The average Bonchev–Trinajstić information content (AvgIpc) is 3.24. The number of benzene rings is 3. The molecule has 3 aromatic carbocycles. The molecule has 1 fully saturated rings. The minimum absolute atomic E-state index is 0.185. The summed E-state index contributed by atoms with van der Waals surface area (Å²) in [5, 5.41) is 2.23. The third-order valence-corrected chi connectivity index (χ3v) is 5.75. The van der Waals surface area contributed by atoms with Gasteiger partial charge in [0, 0.05) is 6.42 Å². The number of nitrogens with zero attached hydrogens (tertiary/aromatic N) is 1. The Morgan fingerprint density at radius 3 is 2.43 bits per heavy atom. The van der Waals surface area contributed by atoms with Gasteiger partial charge in [-0.25, -0.2) is 9.59 Å². The molecular weight excluding hydrogens is 446 g/mol. The number of hydrogen-bond donors (Lipinski definition) is 0. The largest absolute Gasteiger partial charge is 0.491 e. The lowest BCUT2D eigenvalue weighted by molar-refractivity contribution is 0.0174. The third-order valence-electron chi connectivity index (χ3n) is 5.75. The van der Waals surface area contributed by atoms with E-state index in [9.17, 15) is 9.59 Å². The van der Waals surface area contributed by atoms with Crippen molar-refractivity contribution in [2.24, 2.45) is 0 Å². The van der Waals surface area contributed by atoms with Crippen LogP contribution in [0.1, 0.15) is 37.6 Å². The zero-order valence-electron chi connectivity index (χ0n) is 20.5. The highest BCUT2D eigenvalue weighted by Gasteiger charge is 2.39. The van der Waals surface area contributed by atoms with Crippen molar-refractivity contribution in [2.75, 3.05) is 20.3 Å². The predicted molar refractivity (Wildman–Crippen MR) is 133 cm³/mol. The molecule has 0 bridgehead atoms. The molecule has 0 spiro atoms. The van der Waals surface area contributed by atoms with E-state index in [0.29, 0.717) is 24.3 Å². The predicted octanol–water partition coefficient (Wildman–Crippen LogP) is 5.46. The lowest BCUT2D eigenvalue weighted by Crippen LogP contribution is -2.42. The van der Waals surface area contributed by atoms with Crippen molar-refractivity contribution < 1.29 is 28.5 Å². The van der Waals surface area contributed by atoms with Gasteiger partial charge in [0.15, 0.2) is 0 Å². The van der Waals surface area contributed by atoms with Crippen LogP contribution in [0.2, 0.25) is 0 Å². The highest BCUT2D eigenvalue weighted by atomic mass is 16.6. The van der Waals surface area contributed by atoms with E-state index < -0.39 is 17.7 Å². The van der Waals surface area contributed by atoms with Crippen LogP contribution in [-0.2, 0) is 9.47 Å². The van der Waals surface area contributed by atoms with E-state index in [0.717, 1.165) is 16.5 Å². The number of methoxy groups -OCH3 is 1. The molecule has 0 aromatic heterocycles. The van der Waals surface area contributed by atoms with Crippen LogP contribution in [0, 0.1) is 0 Å². The van der Waals surface area contributed by atoms with Gasteiger partial charge in [-0.15, -0.1) is 0 Å². The zero-order chi connectivity index (χ0) is 25.0. The van der Waals surface area contributed by atoms with Crippen molar-refractivity contribution in [1.29, 1.82) is 0 Å². The minimum Gasteiger partial charge on any atom is -0.491 e. The zero-order valence-corrected chi connectivity index (χ0v) is 20.5. The van der Waals surface area contributed by atoms with Crippen molar-refractivity contribution in [1.82, 2.24) is 4.90 Å². The summed E-state index contributed by atoms with van der Waals surface area (Å²) in [6.45, 7) is 6.06. The molecule has 4 rings (SSSR count). The summed E-state index contributed by atoms with van der Waals surface area (Å²) < 4.78 is 22.8. The Bertz CT molecular complexity index is 1200. The number of carbonyl (C=O) groups is 2. The number of esters is 1. The first-order valence-electron chi connectivity index (χ1n) is 11.7. The number of carbonyl (C=O) groups excluding carboxylic acids is 2. The number of hydrogen-bond acceptors (Lipinski definition) is 6. The Morgan fingerprint density at radius 1 is 0.971 bits per heavy atom. The molecule has 35 heavy (non-hydrogen) atoms. The maximum Gasteiger partial charge on any atom is 0.410 e. The molecule has 0 radical (unpaired) electrons. The van der Waals surface area contributed by atoms with Gasteiger partial charge in [-0.2, -0.15) is 0 Å². The average molecular weight is 478 g/mol. The number of rotatable bonds is 6. The van der Waals surface area contributed by atoms with Gasteiger partial charge in [0.25, 0.3) is 0 Å². The van der Waals surface area contributed by atoms with Gasteiger partial charge in [0.05, 0.1) is 19.7 Å². The highest BCUT2D eigenvalue weighted by Crippen LogP contribution is 2.28. The number of ether oxygens (including phenoxy) is 4. The van der Waals surface area contributed by atoms with Crippen LogP contribution in [0.4, 0.5) is 4.79 Å². The first kappa shape index (κ1) is 24.4. The molecular formula is C28H31NO6. The van der Waals surface area contributed by atoms with Crippen LogP contribution in [0.15, 0.2) is 66.7 Å². The minimum atomic E-state index is -0.628. The maximum atomic E-state index is 13.0. The van der Waals surface area contributed by atoms with Crippen LogP contribution in [0.5, 0.6) is 11.5 Å². The second kappa shape index (κ2) is 10.3. The van der Waals surface area contributed by atoms with E-state index in [1.165, 1.54) is 7.11 Å². The summed E-state index contributed by atoms with van der Waals surface area (Å²) in [5.41, 5.74) is -0.294. The van der Waals surface area contributed by atoms with Gasteiger partial charge < -0.3 is 18.9 Å². The lowest BCUT2D eigenvalue weighted by atomic mass is 10.1. The monoisotopic (exact) mass is 477 g/mol. The summed E-state index contributed by atoms with van der Waals surface area (Å²) in [7, 11) is 1.33. The standard InChI is InChI=1S/C28H31NO6/c1-28(2,3)35-27(31)29-17-23(34-22-14-13-19-9-5-6-10-20(19)15-22)16-21(29)18-33-25-12-8-7-11-24(25)26(30)32-4/h5-15,21,23H,16-18H2,1-4H3/t21-,23-/m0/s1. The number of likely N-dealkylation sites (tertiary alicyclic amines) is 1. The fourth-order valence-electron chi connectivity index (χ4n) is 4.15. The fourth-order valence-corrected chi connectivity index (χ4v) is 4.15.